The first-order valence-electron chi connectivity index (χ1n) is 16.4. The van der Waals surface area contributed by atoms with E-state index in [1.165, 1.54) is 0 Å². The second kappa shape index (κ2) is 13.7. The standard InChI is InChI=1S/C40H42N4O2/c1-4-34(30-19-9-5-10-20-30)42-39(46)36-33-25-15-16-26-35(33)41-38(31-21-11-6-12-22-31)37(36)40(43(3)29(2)45,32-23-13-7-14-24-32)44-27-17-8-18-28-44/h5-7,9-16,19-26,34H,4,8,17-18,27-28H2,1-3H3,(H,42,46)/t34?,40-/m1/s1. The second-order valence-electron chi connectivity index (χ2n) is 12.1. The first kappa shape index (κ1) is 31.2. The van der Waals surface area contributed by atoms with Crippen LogP contribution in [-0.4, -0.2) is 46.7 Å². The maximum Gasteiger partial charge on any atom is 0.252 e. The van der Waals surface area contributed by atoms with E-state index in [1.807, 2.05) is 103 Å². The van der Waals surface area contributed by atoms with Gasteiger partial charge in [-0.1, -0.05) is 123 Å². The predicted molar refractivity (Wildman–Crippen MR) is 185 cm³/mol. The first-order chi connectivity index (χ1) is 22.5. The maximum absolute atomic E-state index is 15.1. The number of rotatable bonds is 9. The van der Waals surface area contributed by atoms with Gasteiger partial charge in [0.2, 0.25) is 5.91 Å². The van der Waals surface area contributed by atoms with Gasteiger partial charge in [-0.3, -0.25) is 14.5 Å². The fourth-order valence-electron chi connectivity index (χ4n) is 7.10. The zero-order chi connectivity index (χ0) is 32.1. The molecule has 2 heterocycles. The Bertz CT molecular complexity index is 1800. The van der Waals surface area contributed by atoms with Crippen LogP contribution in [0.1, 0.15) is 72.6 Å². The summed E-state index contributed by atoms with van der Waals surface area (Å²) in [6, 6.07) is 38.0. The molecular weight excluding hydrogens is 568 g/mol. The number of nitrogens with zero attached hydrogens (tertiary/aromatic N) is 3. The number of para-hydroxylation sites is 1. The molecule has 1 aliphatic rings. The molecule has 1 aliphatic heterocycles. The van der Waals surface area contributed by atoms with Gasteiger partial charge in [-0.05, 0) is 36.5 Å². The summed E-state index contributed by atoms with van der Waals surface area (Å²) in [5.41, 5.74) is 4.44. The number of carbonyl (C=O) groups is 2. The third-order valence-electron chi connectivity index (χ3n) is 9.38. The van der Waals surface area contributed by atoms with E-state index < -0.39 is 5.66 Å². The molecule has 234 valence electrons. The third kappa shape index (κ3) is 5.69. The van der Waals surface area contributed by atoms with Crippen molar-refractivity contribution < 1.29 is 9.59 Å². The van der Waals surface area contributed by atoms with Gasteiger partial charge >= 0.3 is 0 Å². The highest BCUT2D eigenvalue weighted by Crippen LogP contribution is 2.47. The van der Waals surface area contributed by atoms with E-state index >= 15 is 4.79 Å². The van der Waals surface area contributed by atoms with Crippen molar-refractivity contribution in [1.82, 2.24) is 20.1 Å². The van der Waals surface area contributed by atoms with Gasteiger partial charge in [-0.2, -0.15) is 0 Å². The Balaban J connectivity index is 1.75. The monoisotopic (exact) mass is 610 g/mol. The number of pyridine rings is 1. The number of benzene rings is 4. The Morgan fingerprint density at radius 3 is 2.04 bits per heavy atom. The highest BCUT2D eigenvalue weighted by atomic mass is 16.2. The highest BCUT2D eigenvalue weighted by molar-refractivity contribution is 6.10. The van der Waals surface area contributed by atoms with Crippen LogP contribution in [0.4, 0.5) is 0 Å². The normalized spacial score (nSPS) is 15.5. The van der Waals surface area contributed by atoms with Crippen LogP contribution >= 0.6 is 0 Å². The number of hydrogen-bond acceptors (Lipinski definition) is 4. The minimum absolute atomic E-state index is 0.0938. The van der Waals surface area contributed by atoms with Gasteiger partial charge in [0.1, 0.15) is 0 Å². The van der Waals surface area contributed by atoms with E-state index in [4.69, 9.17) is 4.98 Å². The van der Waals surface area contributed by atoms with Crippen molar-refractivity contribution in [1.29, 1.82) is 0 Å². The fourth-order valence-corrected chi connectivity index (χ4v) is 7.10. The summed E-state index contributed by atoms with van der Waals surface area (Å²) in [6.07, 6.45) is 3.84. The number of carbonyl (C=O) groups excluding carboxylic acids is 2. The molecule has 0 spiro atoms. The summed E-state index contributed by atoms with van der Waals surface area (Å²) < 4.78 is 0. The average molecular weight is 611 g/mol. The molecule has 2 atom stereocenters. The Hall–Kier alpha value is -4.81. The largest absolute Gasteiger partial charge is 0.345 e. The van der Waals surface area contributed by atoms with Gasteiger partial charge in [-0.25, -0.2) is 4.98 Å². The van der Waals surface area contributed by atoms with Gasteiger partial charge in [0.15, 0.2) is 5.66 Å². The number of aromatic nitrogens is 1. The summed E-state index contributed by atoms with van der Waals surface area (Å²) >= 11 is 0. The number of likely N-dealkylation sites (tertiary alicyclic amines) is 1. The highest BCUT2D eigenvalue weighted by Gasteiger charge is 2.50. The van der Waals surface area contributed by atoms with Crippen molar-refractivity contribution in [2.24, 2.45) is 0 Å². The molecule has 1 aromatic heterocycles. The van der Waals surface area contributed by atoms with Crippen LogP contribution < -0.4 is 5.32 Å². The van der Waals surface area contributed by atoms with Crippen molar-refractivity contribution in [3.8, 4) is 11.3 Å². The van der Waals surface area contributed by atoms with Crippen molar-refractivity contribution in [3.63, 3.8) is 0 Å². The van der Waals surface area contributed by atoms with E-state index in [0.29, 0.717) is 11.3 Å². The molecule has 6 nitrogen and oxygen atoms in total. The van der Waals surface area contributed by atoms with Crippen molar-refractivity contribution in [2.75, 3.05) is 20.1 Å². The molecule has 0 saturated carbocycles. The average Bonchev–Trinajstić information content (AvgIpc) is 3.12. The molecule has 0 aliphatic carbocycles. The van der Waals surface area contributed by atoms with Crippen LogP contribution in [0.15, 0.2) is 115 Å². The molecule has 6 rings (SSSR count). The van der Waals surface area contributed by atoms with Crippen LogP contribution in [0.25, 0.3) is 22.2 Å². The van der Waals surface area contributed by atoms with Crippen LogP contribution in [-0.2, 0) is 10.5 Å². The number of hydrogen-bond donors (Lipinski definition) is 1. The Kier molecular flexibility index (Phi) is 9.27. The van der Waals surface area contributed by atoms with Crippen LogP contribution in [0.2, 0.25) is 0 Å². The molecule has 0 bridgehead atoms. The van der Waals surface area contributed by atoms with E-state index in [2.05, 4.69) is 41.4 Å². The summed E-state index contributed by atoms with van der Waals surface area (Å²) in [6.45, 7) is 5.25. The number of fused-ring (bicyclic) bond motifs is 1. The van der Waals surface area contributed by atoms with Crippen LogP contribution in [0.5, 0.6) is 0 Å². The molecule has 4 aromatic carbocycles. The predicted octanol–water partition coefficient (Wildman–Crippen LogP) is 7.95. The third-order valence-corrected chi connectivity index (χ3v) is 9.38. The topological polar surface area (TPSA) is 65.5 Å². The van der Waals surface area contributed by atoms with Gasteiger partial charge in [-0.15, -0.1) is 0 Å². The Morgan fingerprint density at radius 1 is 0.826 bits per heavy atom. The molecule has 1 saturated heterocycles. The SMILES string of the molecule is CCC(NC(=O)c1c([C@@](c2ccccc2)(N2CCCCC2)N(C)C(C)=O)c(-c2ccccc2)nc2ccccc12)c1ccccc1. The summed E-state index contributed by atoms with van der Waals surface area (Å²) in [7, 11) is 1.87. The molecule has 1 N–H and O–H groups in total. The first-order valence-corrected chi connectivity index (χ1v) is 16.4. The van der Waals surface area contributed by atoms with E-state index in [1.54, 1.807) is 6.92 Å². The Labute approximate surface area is 272 Å². The van der Waals surface area contributed by atoms with Gasteiger partial charge in [0, 0.05) is 43.6 Å². The number of amides is 2. The molecule has 5 aromatic rings. The van der Waals surface area contributed by atoms with Crippen LogP contribution in [0, 0.1) is 0 Å². The fraction of sp³-hybridized carbons (Fsp3) is 0.275. The van der Waals surface area contributed by atoms with Gasteiger partial charge in [0.25, 0.3) is 5.91 Å². The molecule has 1 unspecified atom stereocenters. The summed E-state index contributed by atoms with van der Waals surface area (Å²) in [4.78, 5) is 38.4. The van der Waals surface area contributed by atoms with E-state index in [-0.39, 0.29) is 17.9 Å². The summed E-state index contributed by atoms with van der Waals surface area (Å²) in [5.74, 6) is -0.278. The minimum atomic E-state index is -1.11. The molecule has 2 amide bonds. The van der Waals surface area contributed by atoms with Crippen molar-refractivity contribution in [2.45, 2.75) is 51.2 Å². The van der Waals surface area contributed by atoms with Crippen LogP contribution in [0.3, 0.4) is 0 Å². The molecule has 0 radical (unpaired) electrons. The smallest absolute Gasteiger partial charge is 0.252 e. The Morgan fingerprint density at radius 2 is 1.41 bits per heavy atom. The van der Waals surface area contributed by atoms with Crippen molar-refractivity contribution >= 4 is 22.7 Å². The lowest BCUT2D eigenvalue weighted by Crippen LogP contribution is -2.61. The minimum Gasteiger partial charge on any atom is -0.345 e. The lowest BCUT2D eigenvalue weighted by atomic mass is 9.79. The van der Waals surface area contributed by atoms with E-state index in [0.717, 1.165) is 71.9 Å². The number of nitrogens with one attached hydrogen (secondary N) is 1. The maximum atomic E-state index is 15.1. The number of piperidine rings is 1. The molecule has 1 fully saturated rings. The van der Waals surface area contributed by atoms with Gasteiger partial charge < -0.3 is 10.2 Å². The summed E-state index contributed by atoms with van der Waals surface area (Å²) in [5, 5.41) is 4.17. The van der Waals surface area contributed by atoms with E-state index in [9.17, 15) is 4.79 Å². The second-order valence-corrected chi connectivity index (χ2v) is 12.1. The molecule has 6 heteroatoms. The molecule has 46 heavy (non-hydrogen) atoms. The zero-order valence-corrected chi connectivity index (χ0v) is 26.9. The lowest BCUT2D eigenvalue weighted by Gasteiger charge is -2.52. The van der Waals surface area contributed by atoms with Crippen molar-refractivity contribution in [3.05, 3.63) is 138 Å². The lowest BCUT2D eigenvalue weighted by molar-refractivity contribution is -0.141. The molecular formula is C40H42N4O2. The quantitative estimate of drug-likeness (QED) is 0.184. The van der Waals surface area contributed by atoms with Gasteiger partial charge in [0.05, 0.1) is 22.8 Å². The zero-order valence-electron chi connectivity index (χ0n) is 26.9.